The summed E-state index contributed by atoms with van der Waals surface area (Å²) < 4.78 is 5.43. The lowest BCUT2D eigenvalue weighted by atomic mass is 9.85. The number of aryl methyl sites for hydroxylation is 1. The summed E-state index contributed by atoms with van der Waals surface area (Å²) in [5.74, 6) is 1.24. The number of hydrogen-bond acceptors (Lipinski definition) is 3. The second-order valence-electron chi connectivity index (χ2n) is 6.78. The number of rotatable bonds is 6. The van der Waals surface area contributed by atoms with E-state index in [-0.39, 0.29) is 5.78 Å². The maximum Gasteiger partial charge on any atom is 0.130 e. The fraction of sp³-hybridized carbons (Fsp3) is 0.632. The van der Waals surface area contributed by atoms with Crippen LogP contribution in [0.15, 0.2) is 18.2 Å². The van der Waals surface area contributed by atoms with E-state index in [2.05, 4.69) is 43.9 Å². The molecule has 0 aliphatic carbocycles. The van der Waals surface area contributed by atoms with Crippen molar-refractivity contribution in [3.8, 4) is 0 Å². The smallest absolute Gasteiger partial charge is 0.130 e. The average molecular weight is 303 g/mol. The van der Waals surface area contributed by atoms with Crippen LogP contribution >= 0.6 is 0 Å². The van der Waals surface area contributed by atoms with Crippen LogP contribution in [0.3, 0.4) is 0 Å². The highest BCUT2D eigenvalue weighted by atomic mass is 16.5. The molecule has 1 aromatic rings. The number of ether oxygens (including phenoxy) is 1. The first kappa shape index (κ1) is 17.0. The van der Waals surface area contributed by atoms with Crippen LogP contribution in [0.2, 0.25) is 0 Å². The zero-order chi connectivity index (χ0) is 16.1. The number of carbonyl (C=O) groups excluding carboxylic acids is 1. The van der Waals surface area contributed by atoms with Crippen LogP contribution in [0.5, 0.6) is 0 Å². The van der Waals surface area contributed by atoms with Crippen molar-refractivity contribution in [1.29, 1.82) is 0 Å². The Morgan fingerprint density at radius 2 is 1.91 bits per heavy atom. The molecule has 0 unspecified atom stereocenters. The molecule has 1 saturated heterocycles. The molecule has 2 rings (SSSR count). The number of hydrogen-bond donors (Lipinski definition) is 0. The molecule has 0 aromatic heterocycles. The lowest BCUT2D eigenvalue weighted by Crippen LogP contribution is -2.36. The second-order valence-corrected chi connectivity index (χ2v) is 6.78. The molecule has 3 nitrogen and oxygen atoms in total. The molecule has 0 bridgehead atoms. The Balaban J connectivity index is 2.07. The Hall–Kier alpha value is -1.35. The van der Waals surface area contributed by atoms with Crippen LogP contribution in [0, 0.1) is 18.8 Å². The minimum atomic E-state index is 0.290. The quantitative estimate of drug-likeness (QED) is 0.804. The van der Waals surface area contributed by atoms with Gasteiger partial charge in [-0.25, -0.2) is 0 Å². The summed E-state index contributed by atoms with van der Waals surface area (Å²) in [5, 5.41) is 0. The Morgan fingerprint density at radius 1 is 1.23 bits per heavy atom. The molecule has 1 aliphatic rings. The van der Waals surface area contributed by atoms with E-state index in [0.29, 0.717) is 18.3 Å². The standard InChI is InChI=1S/C19H29NO2/c1-14-5-6-19(20-7-9-22-10-8-20)13-18(14)12-16(3)15(2)11-17(4)21/h5-6,13,15-16H,7-12H2,1-4H3/t15-,16-/m1/s1. The van der Waals surface area contributed by atoms with Gasteiger partial charge in [-0.3, -0.25) is 0 Å². The van der Waals surface area contributed by atoms with E-state index >= 15 is 0 Å². The van der Waals surface area contributed by atoms with Gasteiger partial charge in [0.05, 0.1) is 13.2 Å². The molecule has 0 saturated carbocycles. The van der Waals surface area contributed by atoms with E-state index in [0.717, 1.165) is 32.7 Å². The first-order valence-corrected chi connectivity index (χ1v) is 8.39. The van der Waals surface area contributed by atoms with Crippen molar-refractivity contribution in [3.05, 3.63) is 29.3 Å². The predicted octanol–water partition coefficient (Wildman–Crippen LogP) is 3.63. The molecule has 0 amide bonds. The number of carbonyl (C=O) groups is 1. The normalized spacial score (nSPS) is 18.1. The highest BCUT2D eigenvalue weighted by Crippen LogP contribution is 2.26. The zero-order valence-electron chi connectivity index (χ0n) is 14.4. The van der Waals surface area contributed by atoms with Gasteiger partial charge in [-0.05, 0) is 55.4 Å². The zero-order valence-corrected chi connectivity index (χ0v) is 14.4. The highest BCUT2D eigenvalue weighted by Gasteiger charge is 2.17. The van der Waals surface area contributed by atoms with Crippen LogP contribution in [-0.2, 0) is 16.0 Å². The Labute approximate surface area is 134 Å². The third-order valence-electron chi connectivity index (χ3n) is 4.83. The van der Waals surface area contributed by atoms with Gasteiger partial charge >= 0.3 is 0 Å². The van der Waals surface area contributed by atoms with Gasteiger partial charge < -0.3 is 14.4 Å². The predicted molar refractivity (Wildman–Crippen MR) is 91.5 cm³/mol. The van der Waals surface area contributed by atoms with Crippen LogP contribution in [0.25, 0.3) is 0 Å². The Bertz CT molecular complexity index is 506. The molecule has 0 radical (unpaired) electrons. The number of ketones is 1. The number of nitrogens with zero attached hydrogens (tertiary/aromatic N) is 1. The van der Waals surface area contributed by atoms with Crippen LogP contribution in [-0.4, -0.2) is 32.1 Å². The minimum Gasteiger partial charge on any atom is -0.378 e. The largest absolute Gasteiger partial charge is 0.378 e. The summed E-state index contributed by atoms with van der Waals surface area (Å²) in [7, 11) is 0. The van der Waals surface area contributed by atoms with Gasteiger partial charge in [0.15, 0.2) is 0 Å². The van der Waals surface area contributed by atoms with Gasteiger partial charge in [-0.2, -0.15) is 0 Å². The monoisotopic (exact) mass is 303 g/mol. The average Bonchev–Trinajstić information content (AvgIpc) is 2.49. The third kappa shape index (κ3) is 4.57. The summed E-state index contributed by atoms with van der Waals surface area (Å²) in [6.07, 6.45) is 1.72. The van der Waals surface area contributed by atoms with Gasteiger partial charge in [-0.15, -0.1) is 0 Å². The number of benzene rings is 1. The van der Waals surface area contributed by atoms with E-state index in [1.54, 1.807) is 6.92 Å². The molecule has 1 aliphatic heterocycles. The number of anilines is 1. The topological polar surface area (TPSA) is 29.5 Å². The summed E-state index contributed by atoms with van der Waals surface area (Å²) >= 11 is 0. The van der Waals surface area contributed by atoms with E-state index in [1.165, 1.54) is 16.8 Å². The summed E-state index contributed by atoms with van der Waals surface area (Å²) in [6.45, 7) is 11.9. The van der Waals surface area contributed by atoms with Crippen LogP contribution < -0.4 is 4.90 Å². The fourth-order valence-electron chi connectivity index (χ4n) is 3.10. The molecule has 0 N–H and O–H groups in total. The maximum atomic E-state index is 11.3. The van der Waals surface area contributed by atoms with Gasteiger partial charge in [0.2, 0.25) is 0 Å². The van der Waals surface area contributed by atoms with E-state index < -0.39 is 0 Å². The van der Waals surface area contributed by atoms with Crippen LogP contribution in [0.4, 0.5) is 5.69 Å². The van der Waals surface area contributed by atoms with E-state index in [9.17, 15) is 4.79 Å². The van der Waals surface area contributed by atoms with Crippen molar-refractivity contribution in [3.63, 3.8) is 0 Å². The highest BCUT2D eigenvalue weighted by molar-refractivity contribution is 5.75. The minimum absolute atomic E-state index is 0.290. The summed E-state index contributed by atoms with van der Waals surface area (Å²) in [5.41, 5.74) is 4.06. The fourth-order valence-corrected chi connectivity index (χ4v) is 3.10. The molecule has 1 heterocycles. The van der Waals surface area contributed by atoms with E-state index in [4.69, 9.17) is 4.74 Å². The van der Waals surface area contributed by atoms with Crippen LogP contribution in [0.1, 0.15) is 38.3 Å². The Kier molecular flexibility index (Phi) is 6.01. The molecule has 0 spiro atoms. The third-order valence-corrected chi connectivity index (χ3v) is 4.83. The molecular formula is C19H29NO2. The van der Waals surface area contributed by atoms with Gasteiger partial charge in [0, 0.05) is 25.2 Å². The van der Waals surface area contributed by atoms with E-state index in [1.807, 2.05) is 0 Å². The molecule has 122 valence electrons. The molecular weight excluding hydrogens is 274 g/mol. The number of morpholine rings is 1. The summed E-state index contributed by atoms with van der Waals surface area (Å²) in [6, 6.07) is 6.77. The lowest BCUT2D eigenvalue weighted by Gasteiger charge is -2.30. The second kappa shape index (κ2) is 7.77. The molecule has 2 atom stereocenters. The first-order valence-electron chi connectivity index (χ1n) is 8.39. The Morgan fingerprint density at radius 3 is 2.55 bits per heavy atom. The number of Topliss-reactive ketones (excluding diaryl/α,β-unsaturated/α-hetero) is 1. The maximum absolute atomic E-state index is 11.3. The molecule has 1 aromatic carbocycles. The van der Waals surface area contributed by atoms with Gasteiger partial charge in [0.25, 0.3) is 0 Å². The molecule has 22 heavy (non-hydrogen) atoms. The lowest BCUT2D eigenvalue weighted by molar-refractivity contribution is -0.118. The van der Waals surface area contributed by atoms with Crippen molar-refractivity contribution in [2.24, 2.45) is 11.8 Å². The summed E-state index contributed by atoms with van der Waals surface area (Å²) in [4.78, 5) is 13.7. The van der Waals surface area contributed by atoms with Crippen molar-refractivity contribution < 1.29 is 9.53 Å². The van der Waals surface area contributed by atoms with Crippen molar-refractivity contribution in [2.75, 3.05) is 31.2 Å². The van der Waals surface area contributed by atoms with Gasteiger partial charge in [0.1, 0.15) is 5.78 Å². The van der Waals surface area contributed by atoms with Crippen molar-refractivity contribution in [1.82, 2.24) is 0 Å². The van der Waals surface area contributed by atoms with Crippen molar-refractivity contribution >= 4 is 11.5 Å². The SMILES string of the molecule is CC(=O)C[C@@H](C)[C@H](C)Cc1cc(N2CCOCC2)ccc1C. The van der Waals surface area contributed by atoms with Gasteiger partial charge in [-0.1, -0.05) is 19.9 Å². The molecule has 1 fully saturated rings. The van der Waals surface area contributed by atoms with Crippen molar-refractivity contribution in [2.45, 2.75) is 40.5 Å². The first-order chi connectivity index (χ1) is 10.5. The molecule has 3 heteroatoms.